The Morgan fingerprint density at radius 2 is 1.83 bits per heavy atom. The molecule has 3 N–H and O–H groups in total. The number of methoxy groups -OCH3 is 1. The molecule has 8 heteroatoms. The first-order valence-corrected chi connectivity index (χ1v) is 10.0. The fourth-order valence-electron chi connectivity index (χ4n) is 3.40. The largest absolute Gasteiger partial charge is 0.385 e. The van der Waals surface area contributed by atoms with E-state index >= 15 is 0 Å². The number of fused-ring (bicyclic) bond motifs is 2. The van der Waals surface area contributed by atoms with Crippen LogP contribution in [0.1, 0.15) is 22.3 Å². The molecule has 30 heavy (non-hydrogen) atoms. The van der Waals surface area contributed by atoms with Crippen molar-refractivity contribution in [2.24, 2.45) is 0 Å². The monoisotopic (exact) mass is 423 g/mol. The van der Waals surface area contributed by atoms with E-state index in [0.717, 1.165) is 11.1 Å². The van der Waals surface area contributed by atoms with Gasteiger partial charge >= 0.3 is 0 Å². The molecule has 0 bridgehead atoms. The Morgan fingerprint density at radius 3 is 2.57 bits per heavy atom. The molecule has 1 amide bonds. The molecular formula is C22H22ClN5O2. The lowest BCUT2D eigenvalue weighted by Gasteiger charge is -2.10. The normalized spacial score (nSPS) is 11.3. The Bertz CT molecular complexity index is 1220. The molecule has 0 unspecified atom stereocenters. The summed E-state index contributed by atoms with van der Waals surface area (Å²) in [4.78, 5) is 22.4. The van der Waals surface area contributed by atoms with Crippen molar-refractivity contribution in [2.45, 2.75) is 13.0 Å². The molecule has 7 nitrogen and oxygen atoms in total. The maximum atomic E-state index is 13.0. The lowest BCUT2D eigenvalue weighted by Crippen LogP contribution is -2.26. The third-order valence-corrected chi connectivity index (χ3v) is 5.28. The summed E-state index contributed by atoms with van der Waals surface area (Å²) in [5.41, 5.74) is 10.1. The zero-order valence-corrected chi connectivity index (χ0v) is 17.3. The number of nitrogens with one attached hydrogen (secondary N) is 1. The number of nitrogens with zero attached hydrogens (tertiary/aromatic N) is 3. The minimum Gasteiger partial charge on any atom is -0.385 e. The van der Waals surface area contributed by atoms with Gasteiger partial charge in [-0.15, -0.1) is 0 Å². The number of anilines is 1. The quantitative estimate of drug-likeness (QED) is 0.442. The van der Waals surface area contributed by atoms with E-state index in [1.165, 1.54) is 0 Å². The smallest absolute Gasteiger partial charge is 0.257 e. The highest BCUT2D eigenvalue weighted by molar-refractivity contribution is 6.31. The maximum absolute atomic E-state index is 13.0. The van der Waals surface area contributed by atoms with Crippen molar-refractivity contribution in [3.63, 3.8) is 0 Å². The lowest BCUT2D eigenvalue weighted by atomic mass is 10.2. The van der Waals surface area contributed by atoms with Gasteiger partial charge in [0.05, 0.1) is 17.6 Å². The number of ether oxygens (including phenoxy) is 1. The van der Waals surface area contributed by atoms with Gasteiger partial charge < -0.3 is 20.4 Å². The molecule has 0 spiro atoms. The van der Waals surface area contributed by atoms with E-state index in [-0.39, 0.29) is 5.91 Å². The summed E-state index contributed by atoms with van der Waals surface area (Å²) < 4.78 is 6.83. The second kappa shape index (κ2) is 8.69. The molecule has 2 aromatic carbocycles. The number of benzene rings is 2. The summed E-state index contributed by atoms with van der Waals surface area (Å²) in [6.45, 7) is 1.42. The fraction of sp³-hybridized carbons (Fsp3) is 0.227. The number of aromatic nitrogens is 3. The van der Waals surface area contributed by atoms with Crippen molar-refractivity contribution >= 4 is 45.5 Å². The first-order valence-electron chi connectivity index (χ1n) is 9.65. The van der Waals surface area contributed by atoms with E-state index in [0.29, 0.717) is 59.2 Å². The minimum atomic E-state index is -0.281. The summed E-state index contributed by atoms with van der Waals surface area (Å²) >= 11 is 6.36. The maximum Gasteiger partial charge on any atom is 0.257 e. The summed E-state index contributed by atoms with van der Waals surface area (Å²) in [6, 6.07) is 15.1. The van der Waals surface area contributed by atoms with Crippen LogP contribution in [0.15, 0.2) is 48.5 Å². The lowest BCUT2D eigenvalue weighted by molar-refractivity contribution is 0.0951. The van der Waals surface area contributed by atoms with Crippen molar-refractivity contribution in [1.29, 1.82) is 0 Å². The molecule has 2 aromatic heterocycles. The van der Waals surface area contributed by atoms with Crippen molar-refractivity contribution in [1.82, 2.24) is 19.9 Å². The van der Waals surface area contributed by atoms with Crippen LogP contribution in [0.3, 0.4) is 0 Å². The standard InChI is InChI=1S/C22H22ClN5O2/c1-30-12-6-11-25-22(29)18-19-21(27-17-10-5-4-9-16(17)26-19)28(20(18)24)13-14-7-2-3-8-15(14)23/h2-5,7-10H,6,11-13,24H2,1H3,(H,25,29). The molecule has 0 atom stereocenters. The van der Waals surface area contributed by atoms with Crippen LogP contribution in [0.4, 0.5) is 5.82 Å². The molecule has 0 saturated heterocycles. The predicted octanol–water partition coefficient (Wildman–Crippen LogP) is 3.63. The van der Waals surface area contributed by atoms with Crippen molar-refractivity contribution in [2.75, 3.05) is 26.0 Å². The fourth-order valence-corrected chi connectivity index (χ4v) is 3.60. The molecule has 2 heterocycles. The second-order valence-electron chi connectivity index (χ2n) is 6.92. The van der Waals surface area contributed by atoms with Gasteiger partial charge in [0.25, 0.3) is 5.91 Å². The summed E-state index contributed by atoms with van der Waals surface area (Å²) in [6.07, 6.45) is 0.703. The van der Waals surface area contributed by atoms with E-state index in [1.54, 1.807) is 11.7 Å². The Kier molecular flexibility index (Phi) is 5.83. The number of nitrogen functional groups attached to an aromatic ring is 1. The number of rotatable bonds is 7. The van der Waals surface area contributed by atoms with E-state index in [9.17, 15) is 4.79 Å². The van der Waals surface area contributed by atoms with Gasteiger partial charge in [0.15, 0.2) is 5.65 Å². The van der Waals surface area contributed by atoms with Gasteiger partial charge in [0, 0.05) is 25.3 Å². The van der Waals surface area contributed by atoms with E-state index in [4.69, 9.17) is 32.0 Å². The van der Waals surface area contributed by atoms with Gasteiger partial charge in [0.1, 0.15) is 16.9 Å². The molecule has 0 fully saturated rings. The Morgan fingerprint density at radius 1 is 1.13 bits per heavy atom. The zero-order valence-electron chi connectivity index (χ0n) is 16.6. The highest BCUT2D eigenvalue weighted by Crippen LogP contribution is 2.29. The number of nitrogens with two attached hydrogens (primary N) is 1. The third-order valence-electron chi connectivity index (χ3n) is 4.92. The van der Waals surface area contributed by atoms with Crippen molar-refractivity contribution in [3.8, 4) is 0 Å². The summed E-state index contributed by atoms with van der Waals surface area (Å²) in [5, 5.41) is 3.52. The Balaban J connectivity index is 1.83. The molecule has 4 rings (SSSR count). The van der Waals surface area contributed by atoms with Crippen LogP contribution in [0, 0.1) is 0 Å². The molecular weight excluding hydrogens is 402 g/mol. The van der Waals surface area contributed by atoms with E-state index in [1.807, 2.05) is 48.5 Å². The van der Waals surface area contributed by atoms with Crippen LogP contribution >= 0.6 is 11.6 Å². The summed E-state index contributed by atoms with van der Waals surface area (Å²) in [7, 11) is 1.63. The average Bonchev–Trinajstić information content (AvgIpc) is 3.01. The number of carbonyl (C=O) groups is 1. The number of halogens is 1. The average molecular weight is 424 g/mol. The Hall–Kier alpha value is -3.16. The number of para-hydroxylation sites is 2. The van der Waals surface area contributed by atoms with Crippen LogP contribution < -0.4 is 11.1 Å². The third kappa shape index (κ3) is 3.81. The van der Waals surface area contributed by atoms with E-state index < -0.39 is 0 Å². The van der Waals surface area contributed by atoms with Gasteiger partial charge in [-0.3, -0.25) is 4.79 Å². The second-order valence-corrected chi connectivity index (χ2v) is 7.33. The molecule has 4 aromatic rings. The topological polar surface area (TPSA) is 95.1 Å². The van der Waals surface area contributed by atoms with Crippen LogP contribution in [0.25, 0.3) is 22.2 Å². The minimum absolute atomic E-state index is 0.281. The number of amides is 1. The molecule has 0 aliphatic carbocycles. The number of hydrogen-bond donors (Lipinski definition) is 2. The van der Waals surface area contributed by atoms with Crippen LogP contribution in [0.5, 0.6) is 0 Å². The summed E-state index contributed by atoms with van der Waals surface area (Å²) in [5.74, 6) is 0.0283. The zero-order chi connectivity index (χ0) is 21.1. The van der Waals surface area contributed by atoms with Gasteiger partial charge in [-0.05, 0) is 30.2 Å². The van der Waals surface area contributed by atoms with E-state index in [2.05, 4.69) is 5.32 Å². The molecule has 0 aliphatic rings. The van der Waals surface area contributed by atoms with Gasteiger partial charge in [-0.1, -0.05) is 41.9 Å². The van der Waals surface area contributed by atoms with Crippen LogP contribution in [-0.2, 0) is 11.3 Å². The highest BCUT2D eigenvalue weighted by atomic mass is 35.5. The first-order chi connectivity index (χ1) is 14.6. The number of hydrogen-bond acceptors (Lipinski definition) is 5. The first kappa shape index (κ1) is 20.1. The molecule has 0 radical (unpaired) electrons. The SMILES string of the molecule is COCCCNC(=O)c1c(N)n(Cc2ccccc2Cl)c2nc3ccccc3nc12. The molecule has 0 aliphatic heterocycles. The van der Waals surface area contributed by atoms with Crippen LogP contribution in [-0.4, -0.2) is 40.7 Å². The van der Waals surface area contributed by atoms with Crippen LogP contribution in [0.2, 0.25) is 5.02 Å². The van der Waals surface area contributed by atoms with Crippen molar-refractivity contribution < 1.29 is 9.53 Å². The van der Waals surface area contributed by atoms with Gasteiger partial charge in [-0.25, -0.2) is 9.97 Å². The Labute approximate surface area is 178 Å². The molecule has 0 saturated carbocycles. The van der Waals surface area contributed by atoms with Crippen molar-refractivity contribution in [3.05, 3.63) is 64.7 Å². The predicted molar refractivity (Wildman–Crippen MR) is 119 cm³/mol. The van der Waals surface area contributed by atoms with Gasteiger partial charge in [-0.2, -0.15) is 0 Å². The van der Waals surface area contributed by atoms with Gasteiger partial charge in [0.2, 0.25) is 0 Å². The highest BCUT2D eigenvalue weighted by Gasteiger charge is 2.24. The molecule has 154 valence electrons. The number of carbonyl (C=O) groups excluding carboxylic acids is 1.